The highest BCUT2D eigenvalue weighted by Gasteiger charge is 2.03. The largest absolute Gasteiger partial charge is 0.383 e. The number of aryl methyl sites for hydroxylation is 2. The third-order valence-corrected chi connectivity index (χ3v) is 3.48. The number of ether oxygens (including phenoxy) is 1. The van der Waals surface area contributed by atoms with Gasteiger partial charge in [0.15, 0.2) is 0 Å². The summed E-state index contributed by atoms with van der Waals surface area (Å²) in [5.74, 6) is 0. The van der Waals surface area contributed by atoms with Crippen molar-refractivity contribution in [1.29, 1.82) is 0 Å². The highest BCUT2D eigenvalue weighted by atomic mass is 32.1. The van der Waals surface area contributed by atoms with E-state index in [-0.39, 0.29) is 0 Å². The van der Waals surface area contributed by atoms with E-state index in [2.05, 4.69) is 19.9 Å². The topological polar surface area (TPSA) is 52.0 Å². The molecule has 0 saturated carbocycles. The van der Waals surface area contributed by atoms with Gasteiger partial charge in [0.1, 0.15) is 0 Å². The van der Waals surface area contributed by atoms with Crippen LogP contribution in [0.4, 0.5) is 0 Å². The number of thiazole rings is 1. The number of hydrogen-bond acceptors (Lipinski definition) is 5. The van der Waals surface area contributed by atoms with Gasteiger partial charge in [-0.15, -0.1) is 11.3 Å². The van der Waals surface area contributed by atoms with Crippen molar-refractivity contribution in [1.82, 2.24) is 19.9 Å². The monoisotopic (exact) mass is 266 g/mol. The van der Waals surface area contributed by atoms with Gasteiger partial charge in [0, 0.05) is 50.9 Å². The summed E-state index contributed by atoms with van der Waals surface area (Å²) in [6, 6.07) is 0. The van der Waals surface area contributed by atoms with Gasteiger partial charge < -0.3 is 14.6 Å². The van der Waals surface area contributed by atoms with Crippen molar-refractivity contribution < 1.29 is 4.74 Å². The maximum atomic E-state index is 5.00. The molecule has 0 spiro atoms. The lowest BCUT2D eigenvalue weighted by Crippen LogP contribution is -2.20. The van der Waals surface area contributed by atoms with Crippen LogP contribution in [0.15, 0.2) is 24.1 Å². The molecule has 0 fully saturated rings. The fraction of sp³-hybridized carbons (Fsp3) is 0.500. The molecule has 0 aromatic carbocycles. The lowest BCUT2D eigenvalue weighted by atomic mass is 10.4. The average Bonchev–Trinajstić information content (AvgIpc) is 3.03. The fourth-order valence-corrected chi connectivity index (χ4v) is 2.29. The van der Waals surface area contributed by atoms with E-state index in [0.717, 1.165) is 32.7 Å². The molecule has 2 aromatic rings. The molecule has 5 nitrogen and oxygen atoms in total. The van der Waals surface area contributed by atoms with E-state index in [4.69, 9.17) is 4.74 Å². The van der Waals surface area contributed by atoms with Crippen LogP contribution in [0.25, 0.3) is 0 Å². The summed E-state index contributed by atoms with van der Waals surface area (Å²) < 4.78 is 7.16. The molecule has 0 radical (unpaired) electrons. The molecule has 2 aromatic heterocycles. The summed E-state index contributed by atoms with van der Waals surface area (Å²) in [4.78, 5) is 8.48. The quantitative estimate of drug-likeness (QED) is 0.732. The second-order valence-electron chi connectivity index (χ2n) is 3.92. The van der Waals surface area contributed by atoms with Crippen molar-refractivity contribution in [3.8, 4) is 0 Å². The van der Waals surface area contributed by atoms with Gasteiger partial charge in [0.05, 0.1) is 23.6 Å². The molecule has 0 atom stereocenters. The summed E-state index contributed by atoms with van der Waals surface area (Å²) >= 11 is 1.70. The highest BCUT2D eigenvalue weighted by molar-refractivity contribution is 7.09. The molecule has 1 N–H and O–H groups in total. The first-order valence-corrected chi connectivity index (χ1v) is 6.85. The number of aromatic nitrogens is 3. The number of methoxy groups -OCH3 is 1. The van der Waals surface area contributed by atoms with Gasteiger partial charge in [0.25, 0.3) is 0 Å². The van der Waals surface area contributed by atoms with Crippen molar-refractivity contribution in [3.05, 3.63) is 34.8 Å². The maximum absolute atomic E-state index is 5.00. The zero-order valence-corrected chi connectivity index (χ0v) is 11.3. The Hall–Kier alpha value is -1.24. The van der Waals surface area contributed by atoms with Crippen LogP contribution in [-0.2, 0) is 24.2 Å². The van der Waals surface area contributed by atoms with Gasteiger partial charge in [-0.05, 0) is 0 Å². The Morgan fingerprint density at radius 3 is 3.22 bits per heavy atom. The van der Waals surface area contributed by atoms with E-state index in [9.17, 15) is 0 Å². The highest BCUT2D eigenvalue weighted by Crippen LogP contribution is 2.07. The molecular weight excluding hydrogens is 248 g/mol. The number of nitrogens with zero attached hydrogens (tertiary/aromatic N) is 3. The number of imidazole rings is 1. The molecule has 98 valence electrons. The predicted octanol–water partition coefficient (Wildman–Crippen LogP) is 1.32. The van der Waals surface area contributed by atoms with E-state index in [1.54, 1.807) is 18.4 Å². The summed E-state index contributed by atoms with van der Waals surface area (Å²) in [7, 11) is 1.71. The molecule has 0 aliphatic heterocycles. The standard InChI is InChI=1S/C12H18N4OS/c1-17-6-3-13-8-11-9-14-10-16(11)5-2-12-15-4-7-18-12/h4,7,9-10,13H,2-3,5-6,8H2,1H3. The Kier molecular flexibility index (Phi) is 5.32. The van der Waals surface area contributed by atoms with Crippen molar-refractivity contribution in [2.75, 3.05) is 20.3 Å². The summed E-state index contributed by atoms with van der Waals surface area (Å²) in [6.07, 6.45) is 6.59. The SMILES string of the molecule is COCCNCc1cncn1CCc1nccs1. The number of rotatable bonds is 8. The van der Waals surface area contributed by atoms with E-state index in [0.29, 0.717) is 0 Å². The normalized spacial score (nSPS) is 10.9. The van der Waals surface area contributed by atoms with Crippen LogP contribution in [0.2, 0.25) is 0 Å². The molecular formula is C12H18N4OS. The minimum absolute atomic E-state index is 0.729. The first-order chi connectivity index (χ1) is 8.90. The van der Waals surface area contributed by atoms with Gasteiger partial charge in [-0.2, -0.15) is 0 Å². The Labute approximate surface area is 111 Å². The molecule has 0 aliphatic carbocycles. The molecule has 6 heteroatoms. The van der Waals surface area contributed by atoms with E-state index in [1.807, 2.05) is 24.1 Å². The second-order valence-corrected chi connectivity index (χ2v) is 4.90. The third-order valence-electron chi connectivity index (χ3n) is 2.64. The minimum atomic E-state index is 0.729. The second kappa shape index (κ2) is 7.25. The molecule has 0 unspecified atom stereocenters. The van der Waals surface area contributed by atoms with Gasteiger partial charge >= 0.3 is 0 Å². The zero-order chi connectivity index (χ0) is 12.6. The molecule has 0 bridgehead atoms. The summed E-state index contributed by atoms with van der Waals surface area (Å²) in [6.45, 7) is 3.33. The number of hydrogen-bond donors (Lipinski definition) is 1. The van der Waals surface area contributed by atoms with Crippen LogP contribution in [-0.4, -0.2) is 34.8 Å². The zero-order valence-electron chi connectivity index (χ0n) is 10.5. The van der Waals surface area contributed by atoms with Crippen LogP contribution >= 0.6 is 11.3 Å². The minimum Gasteiger partial charge on any atom is -0.383 e. The predicted molar refractivity (Wildman–Crippen MR) is 71.6 cm³/mol. The van der Waals surface area contributed by atoms with Crippen molar-refractivity contribution in [2.24, 2.45) is 0 Å². The van der Waals surface area contributed by atoms with Crippen LogP contribution in [0, 0.1) is 0 Å². The van der Waals surface area contributed by atoms with E-state index >= 15 is 0 Å². The van der Waals surface area contributed by atoms with Crippen LogP contribution in [0.3, 0.4) is 0 Å². The molecule has 2 rings (SSSR count). The molecule has 0 saturated heterocycles. The summed E-state index contributed by atoms with van der Waals surface area (Å²) in [5, 5.41) is 6.50. The Bertz CT molecular complexity index is 441. The van der Waals surface area contributed by atoms with Crippen molar-refractivity contribution in [2.45, 2.75) is 19.5 Å². The Morgan fingerprint density at radius 1 is 1.50 bits per heavy atom. The lowest BCUT2D eigenvalue weighted by molar-refractivity contribution is 0.199. The summed E-state index contributed by atoms with van der Waals surface area (Å²) in [5.41, 5.74) is 1.20. The van der Waals surface area contributed by atoms with Crippen molar-refractivity contribution >= 4 is 11.3 Å². The Morgan fingerprint density at radius 2 is 2.44 bits per heavy atom. The first kappa shape index (κ1) is 13.2. The fourth-order valence-electron chi connectivity index (χ4n) is 1.68. The lowest BCUT2D eigenvalue weighted by Gasteiger charge is -2.08. The third kappa shape index (κ3) is 3.90. The van der Waals surface area contributed by atoms with E-state index < -0.39 is 0 Å². The first-order valence-electron chi connectivity index (χ1n) is 5.97. The van der Waals surface area contributed by atoms with Gasteiger partial charge in [0.2, 0.25) is 0 Å². The van der Waals surface area contributed by atoms with E-state index in [1.165, 1.54) is 10.7 Å². The van der Waals surface area contributed by atoms with Gasteiger partial charge in [-0.3, -0.25) is 0 Å². The molecule has 2 heterocycles. The van der Waals surface area contributed by atoms with Crippen LogP contribution < -0.4 is 5.32 Å². The maximum Gasteiger partial charge on any atom is 0.0948 e. The average molecular weight is 266 g/mol. The molecule has 18 heavy (non-hydrogen) atoms. The van der Waals surface area contributed by atoms with Gasteiger partial charge in [-0.25, -0.2) is 9.97 Å². The number of nitrogens with one attached hydrogen (secondary N) is 1. The van der Waals surface area contributed by atoms with Gasteiger partial charge in [-0.1, -0.05) is 0 Å². The van der Waals surface area contributed by atoms with Crippen molar-refractivity contribution in [3.63, 3.8) is 0 Å². The van der Waals surface area contributed by atoms with Crippen LogP contribution in [0.5, 0.6) is 0 Å². The molecule has 0 amide bonds. The Balaban J connectivity index is 1.79. The smallest absolute Gasteiger partial charge is 0.0948 e. The van der Waals surface area contributed by atoms with Crippen LogP contribution in [0.1, 0.15) is 10.7 Å². The molecule has 0 aliphatic rings.